The van der Waals surface area contributed by atoms with Crippen LogP contribution in [0.15, 0.2) is 18.2 Å². The maximum absolute atomic E-state index is 12.0. The zero-order valence-corrected chi connectivity index (χ0v) is 11.7. The van der Waals surface area contributed by atoms with E-state index in [1.165, 1.54) is 0 Å². The summed E-state index contributed by atoms with van der Waals surface area (Å²) < 4.78 is 5.33. The first-order valence-corrected chi connectivity index (χ1v) is 6.75. The van der Waals surface area contributed by atoms with Crippen molar-refractivity contribution >= 4 is 5.91 Å². The molecule has 0 radical (unpaired) electrons. The predicted molar refractivity (Wildman–Crippen MR) is 75.2 cm³/mol. The highest BCUT2D eigenvalue weighted by atomic mass is 16.5. The SMILES string of the molecule is Cc1ccc(CN2CCOCC2)cc1C(=O)NCC#N. The number of amides is 1. The maximum atomic E-state index is 12.0. The second kappa shape index (κ2) is 7.04. The first kappa shape index (κ1) is 14.5. The van der Waals surface area contributed by atoms with E-state index in [-0.39, 0.29) is 12.5 Å². The Balaban J connectivity index is 2.07. The number of hydrogen-bond donors (Lipinski definition) is 1. The molecule has 0 bridgehead atoms. The van der Waals surface area contributed by atoms with Crippen molar-refractivity contribution < 1.29 is 9.53 Å². The van der Waals surface area contributed by atoms with E-state index in [0.29, 0.717) is 5.56 Å². The van der Waals surface area contributed by atoms with Gasteiger partial charge in [-0.05, 0) is 24.1 Å². The van der Waals surface area contributed by atoms with E-state index in [9.17, 15) is 4.79 Å². The third-order valence-electron chi connectivity index (χ3n) is 3.38. The van der Waals surface area contributed by atoms with Gasteiger partial charge in [0.2, 0.25) is 0 Å². The number of nitriles is 1. The van der Waals surface area contributed by atoms with Crippen molar-refractivity contribution in [3.05, 3.63) is 34.9 Å². The highest BCUT2D eigenvalue weighted by Crippen LogP contribution is 2.14. The number of nitrogens with zero attached hydrogens (tertiary/aromatic N) is 2. The molecule has 0 spiro atoms. The minimum Gasteiger partial charge on any atom is -0.379 e. The van der Waals surface area contributed by atoms with Gasteiger partial charge >= 0.3 is 0 Å². The van der Waals surface area contributed by atoms with Crippen LogP contribution in [0.3, 0.4) is 0 Å². The Morgan fingerprint density at radius 2 is 2.20 bits per heavy atom. The second-order valence-corrected chi connectivity index (χ2v) is 4.88. The molecule has 1 aliphatic rings. The minimum absolute atomic E-state index is 0.0337. The molecule has 1 aromatic rings. The molecule has 1 saturated heterocycles. The third kappa shape index (κ3) is 3.80. The molecule has 5 nitrogen and oxygen atoms in total. The van der Waals surface area contributed by atoms with Gasteiger partial charge in [-0.3, -0.25) is 9.69 Å². The summed E-state index contributed by atoms with van der Waals surface area (Å²) in [7, 11) is 0. The van der Waals surface area contributed by atoms with Crippen LogP contribution in [0, 0.1) is 18.3 Å². The Hall–Kier alpha value is -1.90. The van der Waals surface area contributed by atoms with E-state index in [1.54, 1.807) is 0 Å². The fraction of sp³-hybridized carbons (Fsp3) is 0.467. The lowest BCUT2D eigenvalue weighted by Crippen LogP contribution is -2.35. The lowest BCUT2D eigenvalue weighted by Gasteiger charge is -2.26. The largest absolute Gasteiger partial charge is 0.379 e. The molecule has 0 aromatic heterocycles. The molecule has 1 heterocycles. The second-order valence-electron chi connectivity index (χ2n) is 4.88. The summed E-state index contributed by atoms with van der Waals surface area (Å²) >= 11 is 0. The maximum Gasteiger partial charge on any atom is 0.252 e. The zero-order chi connectivity index (χ0) is 14.4. The van der Waals surface area contributed by atoms with E-state index in [2.05, 4.69) is 10.2 Å². The number of carbonyl (C=O) groups is 1. The number of benzene rings is 1. The Morgan fingerprint density at radius 3 is 2.90 bits per heavy atom. The summed E-state index contributed by atoms with van der Waals surface area (Å²) in [4.78, 5) is 14.3. The highest BCUT2D eigenvalue weighted by molar-refractivity contribution is 5.95. The molecule has 5 heteroatoms. The quantitative estimate of drug-likeness (QED) is 0.834. The van der Waals surface area contributed by atoms with Crippen LogP contribution in [0.25, 0.3) is 0 Å². The molecule has 1 N–H and O–H groups in total. The summed E-state index contributed by atoms with van der Waals surface area (Å²) in [5, 5.41) is 11.1. The Labute approximate surface area is 119 Å². The predicted octanol–water partition coefficient (Wildman–Crippen LogP) is 1.08. The number of morpholine rings is 1. The average molecular weight is 273 g/mol. The minimum atomic E-state index is -0.187. The summed E-state index contributed by atoms with van der Waals surface area (Å²) in [6.45, 7) is 6.13. The fourth-order valence-electron chi connectivity index (χ4n) is 2.24. The molecular formula is C15H19N3O2. The lowest BCUT2D eigenvalue weighted by molar-refractivity contribution is 0.0342. The van der Waals surface area contributed by atoms with E-state index in [4.69, 9.17) is 10.00 Å². The van der Waals surface area contributed by atoms with Crippen LogP contribution >= 0.6 is 0 Å². The van der Waals surface area contributed by atoms with Crippen LogP contribution in [-0.4, -0.2) is 43.7 Å². The topological polar surface area (TPSA) is 65.4 Å². The van der Waals surface area contributed by atoms with Crippen LogP contribution in [0.4, 0.5) is 0 Å². The number of carbonyl (C=O) groups excluding carboxylic acids is 1. The fourth-order valence-corrected chi connectivity index (χ4v) is 2.24. The van der Waals surface area contributed by atoms with Gasteiger partial charge in [0.05, 0.1) is 19.3 Å². The van der Waals surface area contributed by atoms with Gasteiger partial charge in [-0.15, -0.1) is 0 Å². The first-order chi connectivity index (χ1) is 9.70. The van der Waals surface area contributed by atoms with Crippen molar-refractivity contribution in [1.82, 2.24) is 10.2 Å². The standard InChI is InChI=1S/C15H19N3O2/c1-12-2-3-13(11-18-6-8-20-9-7-18)10-14(12)15(19)17-5-4-16/h2-3,10H,5-9,11H2,1H3,(H,17,19). The average Bonchev–Trinajstić information content (AvgIpc) is 2.48. The summed E-state index contributed by atoms with van der Waals surface area (Å²) in [6.07, 6.45) is 0. The van der Waals surface area contributed by atoms with E-state index < -0.39 is 0 Å². The van der Waals surface area contributed by atoms with Crippen LogP contribution in [0.2, 0.25) is 0 Å². The molecular weight excluding hydrogens is 254 g/mol. The van der Waals surface area contributed by atoms with Gasteiger partial charge in [0.1, 0.15) is 6.54 Å². The van der Waals surface area contributed by atoms with Gasteiger partial charge in [0, 0.05) is 25.2 Å². The van der Waals surface area contributed by atoms with Gasteiger partial charge in [0.25, 0.3) is 5.91 Å². The molecule has 1 aromatic carbocycles. The van der Waals surface area contributed by atoms with Crippen LogP contribution in [-0.2, 0) is 11.3 Å². The summed E-state index contributed by atoms with van der Waals surface area (Å²) in [5.41, 5.74) is 2.68. The monoisotopic (exact) mass is 273 g/mol. The smallest absolute Gasteiger partial charge is 0.252 e. The van der Waals surface area contributed by atoms with Crippen LogP contribution < -0.4 is 5.32 Å². The van der Waals surface area contributed by atoms with E-state index in [1.807, 2.05) is 31.2 Å². The van der Waals surface area contributed by atoms with Gasteiger partial charge < -0.3 is 10.1 Å². The summed E-state index contributed by atoms with van der Waals surface area (Å²) in [5.74, 6) is -0.187. The summed E-state index contributed by atoms with van der Waals surface area (Å²) in [6, 6.07) is 7.83. The Morgan fingerprint density at radius 1 is 1.45 bits per heavy atom. The van der Waals surface area contributed by atoms with Gasteiger partial charge in [0.15, 0.2) is 0 Å². The number of nitrogens with one attached hydrogen (secondary N) is 1. The molecule has 2 rings (SSSR count). The Bertz CT molecular complexity index is 516. The molecule has 0 atom stereocenters. The molecule has 1 fully saturated rings. The molecule has 20 heavy (non-hydrogen) atoms. The van der Waals surface area contributed by atoms with Crippen molar-refractivity contribution in [1.29, 1.82) is 5.26 Å². The third-order valence-corrected chi connectivity index (χ3v) is 3.38. The van der Waals surface area contributed by atoms with Gasteiger partial charge in [-0.25, -0.2) is 0 Å². The van der Waals surface area contributed by atoms with Crippen molar-refractivity contribution in [3.8, 4) is 6.07 Å². The van der Waals surface area contributed by atoms with Gasteiger partial charge in [-0.1, -0.05) is 12.1 Å². The number of rotatable bonds is 4. The zero-order valence-electron chi connectivity index (χ0n) is 11.7. The van der Waals surface area contributed by atoms with Crippen molar-refractivity contribution in [2.75, 3.05) is 32.8 Å². The van der Waals surface area contributed by atoms with Crippen LogP contribution in [0.5, 0.6) is 0 Å². The van der Waals surface area contributed by atoms with Crippen molar-refractivity contribution in [2.45, 2.75) is 13.5 Å². The van der Waals surface area contributed by atoms with Crippen molar-refractivity contribution in [2.24, 2.45) is 0 Å². The molecule has 0 aliphatic carbocycles. The Kier molecular flexibility index (Phi) is 5.10. The normalized spacial score (nSPS) is 15.6. The van der Waals surface area contributed by atoms with E-state index in [0.717, 1.165) is 44.0 Å². The highest BCUT2D eigenvalue weighted by Gasteiger charge is 2.13. The van der Waals surface area contributed by atoms with Crippen LogP contribution in [0.1, 0.15) is 21.5 Å². The molecule has 1 amide bonds. The van der Waals surface area contributed by atoms with E-state index >= 15 is 0 Å². The molecule has 0 saturated carbocycles. The molecule has 1 aliphatic heterocycles. The number of aryl methyl sites for hydroxylation is 1. The lowest BCUT2D eigenvalue weighted by atomic mass is 10.0. The number of hydrogen-bond acceptors (Lipinski definition) is 4. The molecule has 0 unspecified atom stereocenters. The van der Waals surface area contributed by atoms with Gasteiger partial charge in [-0.2, -0.15) is 5.26 Å². The molecule has 106 valence electrons. The van der Waals surface area contributed by atoms with Crippen molar-refractivity contribution in [3.63, 3.8) is 0 Å². The number of ether oxygens (including phenoxy) is 1. The first-order valence-electron chi connectivity index (χ1n) is 6.75.